The summed E-state index contributed by atoms with van der Waals surface area (Å²) in [4.78, 5) is 0. The van der Waals surface area contributed by atoms with E-state index in [1.807, 2.05) is 30.3 Å². The van der Waals surface area contributed by atoms with Crippen molar-refractivity contribution in [3.8, 4) is 11.3 Å². The van der Waals surface area contributed by atoms with Gasteiger partial charge in [0.1, 0.15) is 5.76 Å². The molecule has 2 aromatic rings. The average Bonchev–Trinajstić information content (AvgIpc) is 2.85. The predicted octanol–water partition coefficient (Wildman–Crippen LogP) is 2.32. The molecule has 0 unspecified atom stereocenters. The first-order valence-corrected chi connectivity index (χ1v) is 5.59. The number of hydrogen-bond donors (Lipinski definition) is 3. The summed E-state index contributed by atoms with van der Waals surface area (Å²) in [5, 5.41) is 12.0. The molecule has 0 saturated heterocycles. The van der Waals surface area contributed by atoms with E-state index in [2.05, 4.69) is 5.32 Å². The quantitative estimate of drug-likeness (QED) is 0.546. The molecule has 1 heterocycles. The zero-order valence-corrected chi connectivity index (χ0v) is 9.52. The number of rotatable bonds is 5. The van der Waals surface area contributed by atoms with E-state index >= 15 is 0 Å². The Hall–Kier alpha value is -1.94. The largest absolute Gasteiger partial charge is 0.464 e. The Balaban J connectivity index is 2.25. The van der Waals surface area contributed by atoms with E-state index in [0.29, 0.717) is 18.7 Å². The smallest absolute Gasteiger partial charge is 0.136 e. The highest BCUT2D eigenvalue weighted by Crippen LogP contribution is 2.30. The lowest BCUT2D eigenvalue weighted by molar-refractivity contribution is 0.292. The average molecular weight is 232 g/mol. The minimum absolute atomic E-state index is 0.179. The van der Waals surface area contributed by atoms with Crippen LogP contribution in [0.5, 0.6) is 0 Å². The van der Waals surface area contributed by atoms with Gasteiger partial charge in [-0.15, -0.1) is 0 Å². The van der Waals surface area contributed by atoms with Gasteiger partial charge in [0, 0.05) is 30.1 Å². The first kappa shape index (κ1) is 11.5. The molecule has 0 radical (unpaired) electrons. The van der Waals surface area contributed by atoms with Gasteiger partial charge in [-0.1, -0.05) is 0 Å². The summed E-state index contributed by atoms with van der Waals surface area (Å²) in [6.07, 6.45) is 2.35. The van der Waals surface area contributed by atoms with Crippen molar-refractivity contribution in [3.05, 3.63) is 36.6 Å². The number of aliphatic hydroxyl groups is 1. The zero-order valence-electron chi connectivity index (χ0n) is 9.52. The van der Waals surface area contributed by atoms with Crippen molar-refractivity contribution in [3.63, 3.8) is 0 Å². The van der Waals surface area contributed by atoms with E-state index in [9.17, 15) is 0 Å². The molecule has 0 aliphatic rings. The molecule has 0 fully saturated rings. The Kier molecular flexibility index (Phi) is 3.67. The minimum Gasteiger partial charge on any atom is -0.464 e. The van der Waals surface area contributed by atoms with E-state index in [1.54, 1.807) is 6.26 Å². The molecule has 1 aromatic heterocycles. The van der Waals surface area contributed by atoms with E-state index in [0.717, 1.165) is 17.0 Å². The zero-order chi connectivity index (χ0) is 12.1. The summed E-state index contributed by atoms with van der Waals surface area (Å²) in [5.41, 5.74) is 8.38. The highest BCUT2D eigenvalue weighted by atomic mass is 16.3. The molecule has 4 N–H and O–H groups in total. The molecule has 4 heteroatoms. The van der Waals surface area contributed by atoms with Crippen molar-refractivity contribution in [2.75, 3.05) is 24.2 Å². The Morgan fingerprint density at radius 3 is 2.88 bits per heavy atom. The van der Waals surface area contributed by atoms with Gasteiger partial charge in [0.15, 0.2) is 0 Å². The topological polar surface area (TPSA) is 71.4 Å². The molecule has 2 rings (SSSR count). The van der Waals surface area contributed by atoms with Crippen LogP contribution >= 0.6 is 0 Å². The van der Waals surface area contributed by atoms with Crippen molar-refractivity contribution < 1.29 is 9.52 Å². The van der Waals surface area contributed by atoms with Crippen LogP contribution in [0.3, 0.4) is 0 Å². The molecule has 90 valence electrons. The van der Waals surface area contributed by atoms with Crippen LogP contribution in [0.25, 0.3) is 11.3 Å². The van der Waals surface area contributed by atoms with Gasteiger partial charge in [0.2, 0.25) is 0 Å². The normalized spacial score (nSPS) is 10.4. The molecule has 4 nitrogen and oxygen atoms in total. The van der Waals surface area contributed by atoms with Gasteiger partial charge in [-0.3, -0.25) is 0 Å². The number of aliphatic hydroxyl groups excluding tert-OH is 1. The van der Waals surface area contributed by atoms with E-state index in [4.69, 9.17) is 15.3 Å². The fourth-order valence-electron chi connectivity index (χ4n) is 1.65. The fraction of sp³-hybridized carbons (Fsp3) is 0.231. The van der Waals surface area contributed by atoms with Crippen molar-refractivity contribution in [2.24, 2.45) is 0 Å². The molecule has 0 amide bonds. The highest BCUT2D eigenvalue weighted by Gasteiger charge is 2.07. The van der Waals surface area contributed by atoms with Gasteiger partial charge < -0.3 is 20.6 Å². The van der Waals surface area contributed by atoms with Crippen LogP contribution in [-0.4, -0.2) is 18.3 Å². The number of hydrogen-bond acceptors (Lipinski definition) is 4. The van der Waals surface area contributed by atoms with Crippen molar-refractivity contribution in [1.29, 1.82) is 0 Å². The molecular weight excluding hydrogens is 216 g/mol. The third-order valence-corrected chi connectivity index (χ3v) is 2.48. The lowest BCUT2D eigenvalue weighted by Gasteiger charge is -2.10. The Labute approximate surface area is 100 Å². The van der Waals surface area contributed by atoms with Gasteiger partial charge in [0.25, 0.3) is 0 Å². The van der Waals surface area contributed by atoms with Crippen LogP contribution in [0.15, 0.2) is 41.0 Å². The van der Waals surface area contributed by atoms with Gasteiger partial charge in [-0.05, 0) is 36.8 Å². The first-order chi connectivity index (χ1) is 8.31. The van der Waals surface area contributed by atoms with Crippen molar-refractivity contribution in [2.45, 2.75) is 6.42 Å². The second-order valence-corrected chi connectivity index (χ2v) is 3.79. The predicted molar refractivity (Wildman–Crippen MR) is 68.7 cm³/mol. The second-order valence-electron chi connectivity index (χ2n) is 3.79. The third kappa shape index (κ3) is 2.79. The van der Waals surface area contributed by atoms with Crippen LogP contribution in [-0.2, 0) is 0 Å². The molecular formula is C13H16N2O2. The molecule has 0 bridgehead atoms. The summed E-state index contributed by atoms with van der Waals surface area (Å²) >= 11 is 0. The van der Waals surface area contributed by atoms with Crippen molar-refractivity contribution >= 4 is 11.4 Å². The van der Waals surface area contributed by atoms with Crippen LogP contribution in [0.1, 0.15) is 6.42 Å². The number of nitrogen functional groups attached to an aromatic ring is 1. The van der Waals surface area contributed by atoms with E-state index in [-0.39, 0.29) is 6.61 Å². The highest BCUT2D eigenvalue weighted by molar-refractivity contribution is 5.77. The third-order valence-electron chi connectivity index (χ3n) is 2.48. The minimum atomic E-state index is 0.179. The van der Waals surface area contributed by atoms with Crippen molar-refractivity contribution in [1.82, 2.24) is 0 Å². The van der Waals surface area contributed by atoms with E-state index in [1.165, 1.54) is 0 Å². The van der Waals surface area contributed by atoms with Gasteiger partial charge in [-0.2, -0.15) is 0 Å². The monoisotopic (exact) mass is 232 g/mol. The molecule has 17 heavy (non-hydrogen) atoms. The lowest BCUT2D eigenvalue weighted by atomic mass is 10.1. The summed E-state index contributed by atoms with van der Waals surface area (Å²) in [5.74, 6) is 0.781. The fourth-order valence-corrected chi connectivity index (χ4v) is 1.65. The lowest BCUT2D eigenvalue weighted by Crippen LogP contribution is -2.04. The van der Waals surface area contributed by atoms with Crippen LogP contribution in [0.2, 0.25) is 0 Å². The number of nitrogens with one attached hydrogen (secondary N) is 1. The SMILES string of the molecule is Nc1ccc(NCCCO)c(-c2ccco2)c1. The summed E-state index contributed by atoms with van der Waals surface area (Å²) < 4.78 is 5.38. The second kappa shape index (κ2) is 5.41. The Morgan fingerprint density at radius 1 is 1.29 bits per heavy atom. The van der Waals surface area contributed by atoms with E-state index < -0.39 is 0 Å². The number of furan rings is 1. The molecule has 0 aliphatic carbocycles. The standard InChI is InChI=1S/C13H16N2O2/c14-10-4-5-12(15-6-2-7-16)11(9-10)13-3-1-8-17-13/h1,3-5,8-9,15-16H,2,6-7,14H2. The Bertz CT molecular complexity index is 466. The summed E-state index contributed by atoms with van der Waals surface area (Å²) in [7, 11) is 0. The summed E-state index contributed by atoms with van der Waals surface area (Å²) in [6, 6.07) is 9.38. The first-order valence-electron chi connectivity index (χ1n) is 5.59. The molecule has 0 saturated carbocycles. The van der Waals surface area contributed by atoms with Crippen LogP contribution < -0.4 is 11.1 Å². The molecule has 0 aliphatic heterocycles. The Morgan fingerprint density at radius 2 is 2.18 bits per heavy atom. The molecule has 0 atom stereocenters. The molecule has 0 spiro atoms. The number of anilines is 2. The van der Waals surface area contributed by atoms with Crippen LogP contribution in [0.4, 0.5) is 11.4 Å². The maximum atomic E-state index is 8.76. The van der Waals surface area contributed by atoms with Gasteiger partial charge in [-0.25, -0.2) is 0 Å². The van der Waals surface area contributed by atoms with Gasteiger partial charge in [0.05, 0.1) is 6.26 Å². The maximum absolute atomic E-state index is 8.76. The summed E-state index contributed by atoms with van der Waals surface area (Å²) in [6.45, 7) is 0.895. The van der Waals surface area contributed by atoms with Gasteiger partial charge >= 0.3 is 0 Å². The number of benzene rings is 1. The maximum Gasteiger partial charge on any atom is 0.136 e. The molecule has 1 aromatic carbocycles. The number of nitrogens with two attached hydrogens (primary N) is 1. The van der Waals surface area contributed by atoms with Crippen LogP contribution in [0, 0.1) is 0 Å².